The summed E-state index contributed by atoms with van der Waals surface area (Å²) >= 11 is 1.59. The molecule has 0 saturated heterocycles. The van der Waals surface area contributed by atoms with Crippen LogP contribution in [-0.4, -0.2) is 26.8 Å². The molecular weight excluding hydrogens is 248 g/mol. The first-order valence-electron chi connectivity index (χ1n) is 5.78. The van der Waals surface area contributed by atoms with Gasteiger partial charge in [0.25, 0.3) is 0 Å². The van der Waals surface area contributed by atoms with E-state index in [-0.39, 0.29) is 11.3 Å². The monoisotopic (exact) mass is 268 g/mol. The van der Waals surface area contributed by atoms with E-state index < -0.39 is 0 Å². The number of thioether (sulfide) groups is 1. The summed E-state index contributed by atoms with van der Waals surface area (Å²) in [6.07, 6.45) is 0.796. The van der Waals surface area contributed by atoms with E-state index in [0.717, 1.165) is 28.7 Å². The van der Waals surface area contributed by atoms with Crippen molar-refractivity contribution in [2.45, 2.75) is 39.3 Å². The Morgan fingerprint density at radius 3 is 2.44 bits per heavy atom. The summed E-state index contributed by atoms with van der Waals surface area (Å²) in [5.74, 6) is 1.08. The van der Waals surface area contributed by atoms with Gasteiger partial charge in [-0.25, -0.2) is 9.97 Å². The molecule has 18 heavy (non-hydrogen) atoms. The van der Waals surface area contributed by atoms with Crippen molar-refractivity contribution in [1.29, 1.82) is 0 Å². The van der Waals surface area contributed by atoms with E-state index in [9.17, 15) is 0 Å². The first-order valence-corrected chi connectivity index (χ1v) is 6.77. The summed E-state index contributed by atoms with van der Waals surface area (Å²) in [5.41, 5.74) is 7.26. The molecule has 1 aromatic rings. The zero-order valence-corrected chi connectivity index (χ0v) is 12.1. The van der Waals surface area contributed by atoms with E-state index in [4.69, 9.17) is 10.9 Å². The van der Waals surface area contributed by atoms with Crippen LogP contribution in [0.4, 0.5) is 0 Å². The van der Waals surface area contributed by atoms with Crippen LogP contribution in [0.15, 0.2) is 16.4 Å². The molecule has 3 N–H and O–H groups in total. The van der Waals surface area contributed by atoms with E-state index in [2.05, 4.69) is 15.1 Å². The van der Waals surface area contributed by atoms with Crippen LogP contribution in [0.1, 0.15) is 31.7 Å². The van der Waals surface area contributed by atoms with Crippen LogP contribution in [0.3, 0.4) is 0 Å². The van der Waals surface area contributed by atoms with Crippen LogP contribution in [0, 0.1) is 19.3 Å². The molecule has 0 aliphatic rings. The normalized spacial score (nSPS) is 12.8. The van der Waals surface area contributed by atoms with Gasteiger partial charge in [-0.1, -0.05) is 30.8 Å². The third-order valence-corrected chi connectivity index (χ3v) is 3.57. The van der Waals surface area contributed by atoms with Gasteiger partial charge >= 0.3 is 0 Å². The number of hydrogen-bond acceptors (Lipinski definition) is 5. The lowest BCUT2D eigenvalue weighted by Gasteiger charge is -2.22. The molecule has 0 bridgehead atoms. The number of hydrogen-bond donors (Lipinski definition) is 2. The molecule has 1 heterocycles. The molecule has 0 aliphatic carbocycles. The van der Waals surface area contributed by atoms with Crippen LogP contribution in [-0.2, 0) is 0 Å². The second-order valence-corrected chi connectivity index (χ2v) is 5.96. The number of nitrogens with two attached hydrogens (primary N) is 1. The maximum atomic E-state index is 8.69. The predicted molar refractivity (Wildman–Crippen MR) is 74.0 cm³/mol. The molecule has 6 heteroatoms. The van der Waals surface area contributed by atoms with Gasteiger partial charge in [-0.15, -0.1) is 0 Å². The minimum absolute atomic E-state index is 0.254. The standard InChI is InChI=1S/C12H20N4OS/c1-8-7-9(2)15-11(14-8)18-6-5-12(3,4)10(13)16-17/h7,17H,5-6H2,1-4H3,(H2,13,16). The Balaban J connectivity index is 2.56. The van der Waals surface area contributed by atoms with E-state index >= 15 is 0 Å². The van der Waals surface area contributed by atoms with Gasteiger partial charge in [-0.3, -0.25) is 0 Å². The lowest BCUT2D eigenvalue weighted by atomic mass is 9.89. The zero-order chi connectivity index (χ0) is 13.8. The van der Waals surface area contributed by atoms with Crippen LogP contribution in [0.2, 0.25) is 0 Å². The highest BCUT2D eigenvalue weighted by Gasteiger charge is 2.23. The second kappa shape index (κ2) is 6.04. The Morgan fingerprint density at radius 2 is 1.94 bits per heavy atom. The summed E-state index contributed by atoms with van der Waals surface area (Å²) in [6, 6.07) is 1.95. The molecular formula is C12H20N4OS. The topological polar surface area (TPSA) is 84.4 Å². The zero-order valence-electron chi connectivity index (χ0n) is 11.3. The van der Waals surface area contributed by atoms with Crippen molar-refractivity contribution in [2.24, 2.45) is 16.3 Å². The fourth-order valence-corrected chi connectivity index (χ4v) is 2.63. The Kier molecular flexibility index (Phi) is 4.95. The largest absolute Gasteiger partial charge is 0.409 e. The fourth-order valence-electron chi connectivity index (χ4n) is 1.42. The number of aromatic nitrogens is 2. The van der Waals surface area contributed by atoms with Crippen LogP contribution in [0.5, 0.6) is 0 Å². The van der Waals surface area contributed by atoms with Crippen LogP contribution in [0.25, 0.3) is 0 Å². The van der Waals surface area contributed by atoms with E-state index in [0.29, 0.717) is 0 Å². The molecule has 0 radical (unpaired) electrons. The minimum Gasteiger partial charge on any atom is -0.409 e. The molecule has 1 rings (SSSR count). The summed E-state index contributed by atoms with van der Waals surface area (Å²) in [7, 11) is 0. The molecule has 0 atom stereocenters. The lowest BCUT2D eigenvalue weighted by molar-refractivity contribution is 0.307. The predicted octanol–water partition coefficient (Wildman–Crippen LogP) is 2.35. The average Bonchev–Trinajstić information content (AvgIpc) is 2.26. The van der Waals surface area contributed by atoms with Crippen molar-refractivity contribution in [2.75, 3.05) is 5.75 Å². The van der Waals surface area contributed by atoms with Gasteiger partial charge in [-0.05, 0) is 26.3 Å². The number of aryl methyl sites for hydroxylation is 2. The fraction of sp³-hybridized carbons (Fsp3) is 0.583. The van der Waals surface area contributed by atoms with Crippen molar-refractivity contribution in [3.63, 3.8) is 0 Å². The molecule has 0 saturated carbocycles. The first kappa shape index (κ1) is 14.8. The van der Waals surface area contributed by atoms with Crippen molar-refractivity contribution in [3.05, 3.63) is 17.5 Å². The molecule has 1 aromatic heterocycles. The number of amidine groups is 1. The molecule has 0 unspecified atom stereocenters. The SMILES string of the molecule is Cc1cc(C)nc(SCCC(C)(C)C(N)=NO)n1. The average molecular weight is 268 g/mol. The third kappa shape index (κ3) is 4.18. The molecule has 0 aliphatic heterocycles. The van der Waals surface area contributed by atoms with Gasteiger partial charge in [-0.2, -0.15) is 0 Å². The Labute approximate surface area is 112 Å². The first-order chi connectivity index (χ1) is 8.35. The molecule has 5 nitrogen and oxygen atoms in total. The lowest BCUT2D eigenvalue weighted by Crippen LogP contribution is -2.32. The Bertz CT molecular complexity index is 425. The van der Waals surface area contributed by atoms with Gasteiger partial charge in [0.15, 0.2) is 5.16 Å². The molecule has 100 valence electrons. The molecule has 0 spiro atoms. The van der Waals surface area contributed by atoms with Gasteiger partial charge in [0, 0.05) is 22.6 Å². The Hall–Kier alpha value is -1.30. The Morgan fingerprint density at radius 1 is 1.39 bits per heavy atom. The highest BCUT2D eigenvalue weighted by molar-refractivity contribution is 7.99. The summed E-state index contributed by atoms with van der Waals surface area (Å²) in [6.45, 7) is 7.81. The van der Waals surface area contributed by atoms with Crippen LogP contribution >= 0.6 is 11.8 Å². The van der Waals surface area contributed by atoms with Gasteiger partial charge in [0.1, 0.15) is 5.84 Å². The number of oxime groups is 1. The van der Waals surface area contributed by atoms with E-state index in [1.807, 2.05) is 33.8 Å². The molecule has 0 amide bonds. The summed E-state index contributed by atoms with van der Waals surface area (Å²) in [5, 5.41) is 12.5. The molecule has 0 fully saturated rings. The summed E-state index contributed by atoms with van der Waals surface area (Å²) < 4.78 is 0. The maximum absolute atomic E-state index is 8.69. The third-order valence-electron chi connectivity index (χ3n) is 2.72. The van der Waals surface area contributed by atoms with Crippen molar-refractivity contribution in [1.82, 2.24) is 9.97 Å². The van der Waals surface area contributed by atoms with Crippen molar-refractivity contribution >= 4 is 17.6 Å². The summed E-state index contributed by atoms with van der Waals surface area (Å²) in [4.78, 5) is 8.72. The quantitative estimate of drug-likeness (QED) is 0.214. The number of nitrogens with zero attached hydrogens (tertiary/aromatic N) is 3. The smallest absolute Gasteiger partial charge is 0.187 e. The van der Waals surface area contributed by atoms with Gasteiger partial charge < -0.3 is 10.9 Å². The maximum Gasteiger partial charge on any atom is 0.187 e. The van der Waals surface area contributed by atoms with E-state index in [1.165, 1.54) is 0 Å². The number of rotatable bonds is 5. The molecule has 0 aromatic carbocycles. The second-order valence-electron chi connectivity index (χ2n) is 4.90. The van der Waals surface area contributed by atoms with E-state index in [1.54, 1.807) is 11.8 Å². The minimum atomic E-state index is -0.319. The highest BCUT2D eigenvalue weighted by atomic mass is 32.2. The van der Waals surface area contributed by atoms with Crippen molar-refractivity contribution in [3.8, 4) is 0 Å². The highest BCUT2D eigenvalue weighted by Crippen LogP contribution is 2.25. The van der Waals surface area contributed by atoms with Gasteiger partial charge in [0.2, 0.25) is 0 Å². The van der Waals surface area contributed by atoms with Crippen LogP contribution < -0.4 is 5.73 Å². The van der Waals surface area contributed by atoms with Crippen molar-refractivity contribution < 1.29 is 5.21 Å². The van der Waals surface area contributed by atoms with Gasteiger partial charge in [0.05, 0.1) is 0 Å².